The van der Waals surface area contributed by atoms with Crippen LogP contribution in [-0.4, -0.2) is 9.91 Å². The second-order valence-electron chi connectivity index (χ2n) is 3.81. The zero-order valence-electron chi connectivity index (χ0n) is 9.76. The zero-order valence-corrected chi connectivity index (χ0v) is 10.5. The molecule has 0 N–H and O–H groups in total. The topological polar surface area (TPSA) is 56.0 Å². The van der Waals surface area contributed by atoms with E-state index in [0.717, 1.165) is 12.0 Å². The number of nitrogens with zero attached hydrogens (tertiary/aromatic N) is 2. The first-order valence-corrected chi connectivity index (χ1v) is 5.90. The van der Waals surface area contributed by atoms with Gasteiger partial charge in [-0.1, -0.05) is 36.7 Å². The second-order valence-corrected chi connectivity index (χ2v) is 4.20. The maximum Gasteiger partial charge on any atom is 0.295 e. The van der Waals surface area contributed by atoms with Crippen LogP contribution in [0.4, 0.5) is 5.69 Å². The third-order valence-electron chi connectivity index (χ3n) is 2.65. The Labute approximate surface area is 109 Å². The van der Waals surface area contributed by atoms with Crippen LogP contribution in [0.15, 0.2) is 36.4 Å². The maximum atomic E-state index is 11.0. The zero-order chi connectivity index (χ0) is 13.1. The van der Waals surface area contributed by atoms with Gasteiger partial charge in [-0.05, 0) is 24.1 Å². The summed E-state index contributed by atoms with van der Waals surface area (Å²) in [6, 6.07) is 10.3. The van der Waals surface area contributed by atoms with E-state index in [1.54, 1.807) is 6.07 Å². The number of halogens is 1. The van der Waals surface area contributed by atoms with E-state index in [9.17, 15) is 10.1 Å². The van der Waals surface area contributed by atoms with E-state index in [1.807, 2.05) is 25.1 Å². The molecule has 1 aromatic heterocycles. The highest BCUT2D eigenvalue weighted by atomic mass is 35.5. The van der Waals surface area contributed by atoms with Gasteiger partial charge in [-0.2, -0.15) is 0 Å². The molecule has 0 amide bonds. The third-order valence-corrected chi connectivity index (χ3v) is 2.86. The Morgan fingerprint density at radius 1 is 1.33 bits per heavy atom. The second kappa shape index (κ2) is 5.14. The third kappa shape index (κ3) is 2.49. The van der Waals surface area contributed by atoms with Crippen LogP contribution in [0.5, 0.6) is 0 Å². The number of rotatable bonds is 3. The number of nitro groups is 1. The fraction of sp³-hybridized carbons (Fsp3) is 0.154. The van der Waals surface area contributed by atoms with Gasteiger partial charge in [0.1, 0.15) is 10.8 Å². The standard InChI is InChI=1S/C13H11ClN2O2/c1-2-9-4-3-5-10(8-9)13-11(16(17)18)6-7-12(14)15-13/h3-8H,2H2,1H3. The van der Waals surface area contributed by atoms with Crippen LogP contribution in [0.1, 0.15) is 12.5 Å². The minimum absolute atomic E-state index is 0.0346. The molecule has 1 heterocycles. The van der Waals surface area contributed by atoms with Crippen LogP contribution >= 0.6 is 11.6 Å². The number of benzene rings is 1. The molecule has 2 aromatic rings. The number of aromatic nitrogens is 1. The Morgan fingerprint density at radius 3 is 2.78 bits per heavy atom. The molecule has 0 atom stereocenters. The molecule has 0 saturated heterocycles. The van der Waals surface area contributed by atoms with Crippen molar-refractivity contribution in [2.75, 3.05) is 0 Å². The smallest absolute Gasteiger partial charge is 0.258 e. The van der Waals surface area contributed by atoms with E-state index in [1.165, 1.54) is 12.1 Å². The first-order valence-electron chi connectivity index (χ1n) is 5.52. The van der Waals surface area contributed by atoms with Gasteiger partial charge >= 0.3 is 0 Å². The molecule has 0 aliphatic carbocycles. The summed E-state index contributed by atoms with van der Waals surface area (Å²) >= 11 is 5.81. The van der Waals surface area contributed by atoms with Crippen LogP contribution in [0.3, 0.4) is 0 Å². The predicted molar refractivity (Wildman–Crippen MR) is 70.7 cm³/mol. The molecule has 1 aromatic carbocycles. The van der Waals surface area contributed by atoms with Crippen molar-refractivity contribution in [1.82, 2.24) is 4.98 Å². The lowest BCUT2D eigenvalue weighted by Crippen LogP contribution is -1.95. The Kier molecular flexibility index (Phi) is 3.58. The van der Waals surface area contributed by atoms with E-state index in [0.29, 0.717) is 11.3 Å². The molecule has 18 heavy (non-hydrogen) atoms. The molecule has 0 unspecified atom stereocenters. The van der Waals surface area contributed by atoms with Gasteiger partial charge in [0, 0.05) is 11.6 Å². The Hall–Kier alpha value is -1.94. The fourth-order valence-corrected chi connectivity index (χ4v) is 1.87. The molecule has 0 saturated carbocycles. The molecule has 0 bridgehead atoms. The van der Waals surface area contributed by atoms with Crippen molar-refractivity contribution >= 4 is 17.3 Å². The van der Waals surface area contributed by atoms with Crippen molar-refractivity contribution in [3.63, 3.8) is 0 Å². The van der Waals surface area contributed by atoms with Crippen molar-refractivity contribution in [2.24, 2.45) is 0 Å². The van der Waals surface area contributed by atoms with Crippen LogP contribution < -0.4 is 0 Å². The lowest BCUT2D eigenvalue weighted by atomic mass is 10.1. The summed E-state index contributed by atoms with van der Waals surface area (Å²) in [5, 5.41) is 11.2. The highest BCUT2D eigenvalue weighted by Crippen LogP contribution is 2.29. The average Bonchev–Trinajstić information content (AvgIpc) is 2.38. The maximum absolute atomic E-state index is 11.0. The number of hydrogen-bond donors (Lipinski definition) is 0. The first-order chi connectivity index (χ1) is 8.61. The highest BCUT2D eigenvalue weighted by molar-refractivity contribution is 6.29. The fourth-order valence-electron chi connectivity index (χ4n) is 1.73. The van der Waals surface area contributed by atoms with Gasteiger partial charge in [-0.15, -0.1) is 0 Å². The van der Waals surface area contributed by atoms with E-state index in [4.69, 9.17) is 11.6 Å². The average molecular weight is 263 g/mol. The van der Waals surface area contributed by atoms with Crippen LogP contribution in [0.2, 0.25) is 5.15 Å². The Balaban J connectivity index is 2.61. The predicted octanol–water partition coefficient (Wildman–Crippen LogP) is 3.87. The SMILES string of the molecule is CCc1cccc(-c2nc(Cl)ccc2[N+](=O)[O-])c1. The summed E-state index contributed by atoms with van der Waals surface area (Å²) in [6.07, 6.45) is 0.863. The van der Waals surface area contributed by atoms with Gasteiger partial charge in [0.15, 0.2) is 0 Å². The van der Waals surface area contributed by atoms with Crippen molar-refractivity contribution in [1.29, 1.82) is 0 Å². The van der Waals surface area contributed by atoms with Gasteiger partial charge in [0.25, 0.3) is 5.69 Å². The largest absolute Gasteiger partial charge is 0.295 e. The number of aryl methyl sites for hydroxylation is 1. The van der Waals surface area contributed by atoms with Crippen molar-refractivity contribution in [3.8, 4) is 11.3 Å². The molecular formula is C13H11ClN2O2. The minimum Gasteiger partial charge on any atom is -0.258 e. The number of hydrogen-bond acceptors (Lipinski definition) is 3. The molecule has 0 aliphatic rings. The summed E-state index contributed by atoms with van der Waals surface area (Å²) in [6.45, 7) is 2.03. The summed E-state index contributed by atoms with van der Waals surface area (Å²) in [5.74, 6) is 0. The van der Waals surface area contributed by atoms with Crippen molar-refractivity contribution in [3.05, 3.63) is 57.2 Å². The number of pyridine rings is 1. The van der Waals surface area contributed by atoms with Gasteiger partial charge < -0.3 is 0 Å². The van der Waals surface area contributed by atoms with Crippen molar-refractivity contribution in [2.45, 2.75) is 13.3 Å². The van der Waals surface area contributed by atoms with Gasteiger partial charge in [0.05, 0.1) is 4.92 Å². The molecule has 5 heteroatoms. The molecular weight excluding hydrogens is 252 g/mol. The molecule has 4 nitrogen and oxygen atoms in total. The molecule has 0 fully saturated rings. The molecule has 0 aliphatic heterocycles. The van der Waals surface area contributed by atoms with E-state index in [2.05, 4.69) is 4.98 Å². The lowest BCUT2D eigenvalue weighted by molar-refractivity contribution is -0.384. The van der Waals surface area contributed by atoms with E-state index in [-0.39, 0.29) is 10.8 Å². The Bertz CT molecular complexity index is 599. The van der Waals surface area contributed by atoms with Gasteiger partial charge in [-0.3, -0.25) is 10.1 Å². The first kappa shape index (κ1) is 12.5. The summed E-state index contributed by atoms with van der Waals surface area (Å²) in [4.78, 5) is 14.6. The van der Waals surface area contributed by atoms with Crippen LogP contribution in [-0.2, 0) is 6.42 Å². The van der Waals surface area contributed by atoms with E-state index < -0.39 is 4.92 Å². The minimum atomic E-state index is -0.447. The molecule has 2 rings (SSSR count). The molecule has 92 valence electrons. The summed E-state index contributed by atoms with van der Waals surface area (Å²) < 4.78 is 0. The molecule has 0 radical (unpaired) electrons. The van der Waals surface area contributed by atoms with Crippen LogP contribution in [0, 0.1) is 10.1 Å². The van der Waals surface area contributed by atoms with Crippen molar-refractivity contribution < 1.29 is 4.92 Å². The summed E-state index contributed by atoms with van der Waals surface area (Å²) in [7, 11) is 0. The van der Waals surface area contributed by atoms with Crippen LogP contribution in [0.25, 0.3) is 11.3 Å². The molecule has 0 spiro atoms. The highest BCUT2D eigenvalue weighted by Gasteiger charge is 2.17. The summed E-state index contributed by atoms with van der Waals surface area (Å²) in [5.41, 5.74) is 2.09. The lowest BCUT2D eigenvalue weighted by Gasteiger charge is -2.04. The quantitative estimate of drug-likeness (QED) is 0.479. The van der Waals surface area contributed by atoms with E-state index >= 15 is 0 Å². The monoisotopic (exact) mass is 262 g/mol. The van der Waals surface area contributed by atoms with Gasteiger partial charge in [0.2, 0.25) is 0 Å². The normalized spacial score (nSPS) is 10.3. The Morgan fingerprint density at radius 2 is 2.11 bits per heavy atom. The van der Waals surface area contributed by atoms with Gasteiger partial charge in [-0.25, -0.2) is 4.98 Å².